The molecule has 1 aromatic heterocycles. The van der Waals surface area contributed by atoms with Crippen molar-refractivity contribution >= 4 is 23.4 Å². The molecule has 1 aromatic rings. The summed E-state index contributed by atoms with van der Waals surface area (Å²) in [7, 11) is 1.94. The molecule has 24 heavy (non-hydrogen) atoms. The van der Waals surface area contributed by atoms with E-state index in [1.807, 2.05) is 11.9 Å². The predicted octanol–water partition coefficient (Wildman–Crippen LogP) is 1.55. The van der Waals surface area contributed by atoms with E-state index in [1.165, 1.54) is 0 Å². The van der Waals surface area contributed by atoms with Crippen LogP contribution >= 0.6 is 11.6 Å². The van der Waals surface area contributed by atoms with Gasteiger partial charge in [0.25, 0.3) is 11.3 Å². The van der Waals surface area contributed by atoms with E-state index in [2.05, 4.69) is 31.1 Å². The van der Waals surface area contributed by atoms with Gasteiger partial charge in [0.15, 0.2) is 5.69 Å². The Hall–Kier alpha value is -1.60. The molecule has 0 atom stereocenters. The molecule has 0 radical (unpaired) electrons. The molecule has 7 nitrogen and oxygen atoms in total. The molecule has 2 amide bonds. The lowest BCUT2D eigenvalue weighted by molar-refractivity contribution is -0.137. The highest BCUT2D eigenvalue weighted by molar-refractivity contribution is 6.27. The van der Waals surface area contributed by atoms with Crippen molar-refractivity contribution in [1.82, 2.24) is 20.1 Å². The van der Waals surface area contributed by atoms with E-state index in [0.29, 0.717) is 25.4 Å². The summed E-state index contributed by atoms with van der Waals surface area (Å²) in [4.78, 5) is 31.9. The molecule has 2 rings (SSSR count). The molecule has 0 spiro atoms. The first-order chi connectivity index (χ1) is 11.0. The number of oxazole rings is 1. The fraction of sp³-hybridized carbons (Fsp3) is 0.688. The molecule has 0 aliphatic carbocycles. The van der Waals surface area contributed by atoms with Crippen molar-refractivity contribution in [3.63, 3.8) is 0 Å². The van der Waals surface area contributed by atoms with Gasteiger partial charge in [-0.05, 0) is 31.0 Å². The van der Waals surface area contributed by atoms with Gasteiger partial charge >= 0.3 is 0 Å². The van der Waals surface area contributed by atoms with Crippen LogP contribution in [-0.4, -0.2) is 65.9 Å². The Morgan fingerprint density at radius 2 is 2.04 bits per heavy atom. The number of nitrogens with one attached hydrogen (secondary N) is 1. The van der Waals surface area contributed by atoms with Gasteiger partial charge in [-0.1, -0.05) is 20.8 Å². The highest BCUT2D eigenvalue weighted by atomic mass is 35.5. The zero-order chi connectivity index (χ0) is 18.1. The Labute approximate surface area is 147 Å². The number of carbonyl (C=O) groups is 2. The summed E-state index contributed by atoms with van der Waals surface area (Å²) in [6.07, 6.45) is 0. The maximum absolute atomic E-state index is 12.2. The number of aromatic nitrogens is 1. The van der Waals surface area contributed by atoms with Crippen LogP contribution in [0, 0.1) is 12.3 Å². The standard InChI is InChI=1S/C16H25ClN4O3/c1-10-13(19-15(17)24-10)14(23)18-11-6-21(7-11)12(22)8-20(5)9-16(2,3)4/h11H,6-9H2,1-5H3,(H,18,23). The second kappa shape index (κ2) is 7.11. The van der Waals surface area contributed by atoms with Crippen molar-refractivity contribution in [2.24, 2.45) is 5.41 Å². The Kier molecular flexibility index (Phi) is 5.55. The molecular formula is C16H25ClN4O3. The Morgan fingerprint density at radius 3 is 2.54 bits per heavy atom. The van der Waals surface area contributed by atoms with Crippen molar-refractivity contribution in [3.05, 3.63) is 16.8 Å². The maximum Gasteiger partial charge on any atom is 0.293 e. The third-order valence-electron chi connectivity index (χ3n) is 3.70. The van der Waals surface area contributed by atoms with E-state index in [4.69, 9.17) is 16.0 Å². The first-order valence-corrected chi connectivity index (χ1v) is 8.33. The molecule has 1 aliphatic heterocycles. The Morgan fingerprint density at radius 1 is 1.42 bits per heavy atom. The van der Waals surface area contributed by atoms with Crippen LogP contribution in [0.25, 0.3) is 0 Å². The van der Waals surface area contributed by atoms with Crippen molar-refractivity contribution in [3.8, 4) is 0 Å². The number of aryl methyl sites for hydroxylation is 1. The fourth-order valence-corrected chi connectivity index (χ4v) is 3.00. The molecule has 8 heteroatoms. The first kappa shape index (κ1) is 18.7. The van der Waals surface area contributed by atoms with Crippen molar-refractivity contribution in [1.29, 1.82) is 0 Å². The first-order valence-electron chi connectivity index (χ1n) is 7.95. The van der Waals surface area contributed by atoms with E-state index in [0.717, 1.165) is 6.54 Å². The molecular weight excluding hydrogens is 332 g/mol. The average molecular weight is 357 g/mol. The van der Waals surface area contributed by atoms with Gasteiger partial charge in [-0.3, -0.25) is 14.5 Å². The molecule has 0 aromatic carbocycles. The van der Waals surface area contributed by atoms with Gasteiger partial charge in [-0.25, -0.2) is 0 Å². The normalized spacial score (nSPS) is 15.5. The summed E-state index contributed by atoms with van der Waals surface area (Å²) in [6, 6.07) is -0.0655. The summed E-state index contributed by atoms with van der Waals surface area (Å²) in [5.41, 5.74) is 0.340. The Balaban J connectivity index is 1.76. The van der Waals surface area contributed by atoms with Gasteiger partial charge < -0.3 is 14.6 Å². The van der Waals surface area contributed by atoms with Crippen LogP contribution in [-0.2, 0) is 4.79 Å². The van der Waals surface area contributed by atoms with Crippen LogP contribution in [0.4, 0.5) is 0 Å². The number of likely N-dealkylation sites (tertiary alicyclic amines) is 1. The molecule has 2 heterocycles. The van der Waals surface area contributed by atoms with Crippen LogP contribution in [0.5, 0.6) is 0 Å². The molecule has 0 bridgehead atoms. The van der Waals surface area contributed by atoms with Crippen LogP contribution in [0.3, 0.4) is 0 Å². The van der Waals surface area contributed by atoms with Gasteiger partial charge in [0, 0.05) is 19.6 Å². The third-order valence-corrected chi connectivity index (χ3v) is 3.87. The van der Waals surface area contributed by atoms with E-state index >= 15 is 0 Å². The SMILES string of the molecule is Cc1oc(Cl)nc1C(=O)NC1CN(C(=O)CN(C)CC(C)(C)C)C1. The van der Waals surface area contributed by atoms with E-state index in [9.17, 15) is 9.59 Å². The number of carbonyl (C=O) groups excluding carboxylic acids is 2. The van der Waals surface area contributed by atoms with E-state index < -0.39 is 0 Å². The number of amides is 2. The van der Waals surface area contributed by atoms with E-state index in [1.54, 1.807) is 11.8 Å². The van der Waals surface area contributed by atoms with Crippen molar-refractivity contribution < 1.29 is 14.0 Å². The predicted molar refractivity (Wildman–Crippen MR) is 91.0 cm³/mol. The summed E-state index contributed by atoms with van der Waals surface area (Å²) in [6.45, 7) is 10.3. The monoisotopic (exact) mass is 356 g/mol. The zero-order valence-electron chi connectivity index (χ0n) is 14.9. The molecule has 1 aliphatic rings. The number of likely N-dealkylation sites (N-methyl/N-ethyl adjacent to an activating group) is 1. The Bertz CT molecular complexity index is 617. The lowest BCUT2D eigenvalue weighted by atomic mass is 9.96. The van der Waals surface area contributed by atoms with Crippen LogP contribution in [0.1, 0.15) is 37.0 Å². The van der Waals surface area contributed by atoms with Crippen molar-refractivity contribution in [2.45, 2.75) is 33.7 Å². The third kappa shape index (κ3) is 4.95. The maximum atomic E-state index is 12.2. The fourth-order valence-electron chi connectivity index (χ4n) is 2.80. The number of halogens is 1. The lowest BCUT2D eigenvalue weighted by Gasteiger charge is -2.40. The van der Waals surface area contributed by atoms with Gasteiger partial charge in [0.05, 0.1) is 12.6 Å². The smallest absolute Gasteiger partial charge is 0.293 e. The minimum absolute atomic E-state index is 0.0510. The molecule has 1 fully saturated rings. The van der Waals surface area contributed by atoms with Gasteiger partial charge in [0.1, 0.15) is 5.76 Å². The highest BCUT2D eigenvalue weighted by Gasteiger charge is 2.33. The number of nitrogens with zero attached hydrogens (tertiary/aromatic N) is 3. The van der Waals surface area contributed by atoms with E-state index in [-0.39, 0.29) is 34.3 Å². The number of rotatable bonds is 5. The lowest BCUT2D eigenvalue weighted by Crippen LogP contribution is -2.62. The van der Waals surface area contributed by atoms with Crippen molar-refractivity contribution in [2.75, 3.05) is 33.2 Å². The minimum atomic E-state index is -0.329. The molecule has 134 valence electrons. The van der Waals surface area contributed by atoms with Gasteiger partial charge in [-0.15, -0.1) is 0 Å². The van der Waals surface area contributed by atoms with Gasteiger partial charge in [0.2, 0.25) is 5.91 Å². The van der Waals surface area contributed by atoms with Gasteiger partial charge in [-0.2, -0.15) is 4.98 Å². The van der Waals surface area contributed by atoms with Crippen LogP contribution in [0.2, 0.25) is 5.35 Å². The molecule has 1 N–H and O–H groups in total. The second-order valence-corrected chi connectivity index (χ2v) is 7.90. The topological polar surface area (TPSA) is 78.7 Å². The summed E-state index contributed by atoms with van der Waals surface area (Å²) in [5.74, 6) is 0.131. The second-order valence-electron chi connectivity index (χ2n) is 7.57. The van der Waals surface area contributed by atoms with Crippen LogP contribution in [0.15, 0.2) is 4.42 Å². The minimum Gasteiger partial charge on any atom is -0.432 e. The summed E-state index contributed by atoms with van der Waals surface area (Å²) in [5, 5.41) is 2.78. The molecule has 0 saturated carbocycles. The summed E-state index contributed by atoms with van der Waals surface area (Å²) >= 11 is 5.64. The highest BCUT2D eigenvalue weighted by Crippen LogP contribution is 2.17. The average Bonchev–Trinajstić information content (AvgIpc) is 2.69. The quantitative estimate of drug-likeness (QED) is 0.866. The molecule has 1 saturated heterocycles. The zero-order valence-corrected chi connectivity index (χ0v) is 15.6. The molecule has 0 unspecified atom stereocenters. The summed E-state index contributed by atoms with van der Waals surface area (Å²) < 4.78 is 5.04. The number of hydrogen-bond donors (Lipinski definition) is 1. The van der Waals surface area contributed by atoms with Crippen LogP contribution < -0.4 is 5.32 Å². The number of hydrogen-bond acceptors (Lipinski definition) is 5. The largest absolute Gasteiger partial charge is 0.432 e.